The Kier molecular flexibility index (Phi) is 3.05. The van der Waals surface area contributed by atoms with Gasteiger partial charge in [0.25, 0.3) is 0 Å². The molecule has 0 aliphatic carbocycles. The summed E-state index contributed by atoms with van der Waals surface area (Å²) < 4.78 is 13.1. The van der Waals surface area contributed by atoms with Crippen molar-refractivity contribution in [3.63, 3.8) is 0 Å². The monoisotopic (exact) mass is 169 g/mol. The molecule has 1 aromatic carbocycles. The second kappa shape index (κ2) is 4.07. The number of rotatable bonds is 3. The summed E-state index contributed by atoms with van der Waals surface area (Å²) in [6.07, 6.45) is 0.350. The molecule has 0 aromatic heterocycles. The minimum Gasteiger partial charge on any atom is -0.396 e. The fourth-order valence-corrected chi connectivity index (χ4v) is 1.16. The van der Waals surface area contributed by atoms with E-state index in [2.05, 4.69) is 5.32 Å². The molecule has 0 unspecified atom stereocenters. The van der Waals surface area contributed by atoms with E-state index in [-0.39, 0.29) is 12.4 Å². The molecule has 0 radical (unpaired) electrons. The lowest BCUT2D eigenvalue weighted by molar-refractivity contribution is 0.298. The van der Waals surface area contributed by atoms with Gasteiger partial charge in [-0.1, -0.05) is 6.07 Å². The van der Waals surface area contributed by atoms with Crippen LogP contribution in [0.1, 0.15) is 5.56 Å². The average molecular weight is 169 g/mol. The molecular formula is C9H12FNO. The van der Waals surface area contributed by atoms with Crippen LogP contribution in [0, 0.1) is 5.82 Å². The highest BCUT2D eigenvalue weighted by Crippen LogP contribution is 2.18. The Bertz CT molecular complexity index is 263. The molecule has 0 spiro atoms. The van der Waals surface area contributed by atoms with E-state index in [4.69, 9.17) is 5.11 Å². The van der Waals surface area contributed by atoms with Gasteiger partial charge in [-0.2, -0.15) is 0 Å². The van der Waals surface area contributed by atoms with E-state index in [1.54, 1.807) is 19.2 Å². The van der Waals surface area contributed by atoms with Crippen LogP contribution in [0.3, 0.4) is 0 Å². The Morgan fingerprint density at radius 2 is 2.25 bits per heavy atom. The minimum atomic E-state index is -0.268. The standard InChI is InChI=1S/C9H12FNO/c1-11-9-4-2-3-8(10)7(9)5-6-12/h2-4,11-12H,5-6H2,1H3. The quantitative estimate of drug-likeness (QED) is 0.716. The molecule has 0 amide bonds. The van der Waals surface area contributed by atoms with Gasteiger partial charge in [0, 0.05) is 31.3 Å². The number of benzene rings is 1. The van der Waals surface area contributed by atoms with Gasteiger partial charge >= 0.3 is 0 Å². The van der Waals surface area contributed by atoms with Gasteiger partial charge in [-0.25, -0.2) is 4.39 Å². The van der Waals surface area contributed by atoms with Crippen molar-refractivity contribution in [2.24, 2.45) is 0 Å². The molecule has 0 atom stereocenters. The molecule has 0 aliphatic rings. The van der Waals surface area contributed by atoms with Crippen LogP contribution in [-0.2, 0) is 6.42 Å². The van der Waals surface area contributed by atoms with E-state index < -0.39 is 0 Å². The molecule has 0 saturated heterocycles. The van der Waals surface area contributed by atoms with Gasteiger partial charge in [-0.3, -0.25) is 0 Å². The normalized spacial score (nSPS) is 9.92. The van der Waals surface area contributed by atoms with Crippen molar-refractivity contribution in [3.8, 4) is 0 Å². The second-order valence-electron chi connectivity index (χ2n) is 2.49. The minimum absolute atomic E-state index is 0.0321. The highest BCUT2D eigenvalue weighted by atomic mass is 19.1. The molecule has 0 heterocycles. The van der Waals surface area contributed by atoms with Crippen molar-refractivity contribution < 1.29 is 9.50 Å². The summed E-state index contributed by atoms with van der Waals surface area (Å²) in [7, 11) is 1.73. The summed E-state index contributed by atoms with van der Waals surface area (Å²) in [6, 6.07) is 4.82. The molecule has 66 valence electrons. The number of aliphatic hydroxyl groups excluding tert-OH is 1. The van der Waals surface area contributed by atoms with Crippen molar-refractivity contribution in [2.45, 2.75) is 6.42 Å². The van der Waals surface area contributed by atoms with Crippen LogP contribution in [0.4, 0.5) is 10.1 Å². The zero-order valence-electron chi connectivity index (χ0n) is 6.97. The number of halogens is 1. The zero-order chi connectivity index (χ0) is 8.97. The summed E-state index contributed by atoms with van der Waals surface area (Å²) in [5.74, 6) is -0.268. The van der Waals surface area contributed by atoms with Crippen molar-refractivity contribution in [2.75, 3.05) is 19.0 Å². The molecule has 1 aromatic rings. The Hall–Kier alpha value is -1.09. The zero-order valence-corrected chi connectivity index (χ0v) is 6.97. The summed E-state index contributed by atoms with van der Waals surface area (Å²) in [5.41, 5.74) is 1.28. The van der Waals surface area contributed by atoms with E-state index in [1.165, 1.54) is 6.07 Å². The average Bonchev–Trinajstić information content (AvgIpc) is 2.09. The Balaban J connectivity index is 3.02. The van der Waals surface area contributed by atoms with Crippen LogP contribution >= 0.6 is 0 Å². The first-order valence-electron chi connectivity index (χ1n) is 3.85. The van der Waals surface area contributed by atoms with Crippen LogP contribution < -0.4 is 5.32 Å². The molecular weight excluding hydrogens is 157 g/mol. The van der Waals surface area contributed by atoms with Gasteiger partial charge in [0.15, 0.2) is 0 Å². The maximum atomic E-state index is 13.1. The van der Waals surface area contributed by atoms with E-state index in [1.807, 2.05) is 0 Å². The van der Waals surface area contributed by atoms with Gasteiger partial charge in [0.2, 0.25) is 0 Å². The van der Waals surface area contributed by atoms with Crippen LogP contribution in [-0.4, -0.2) is 18.8 Å². The SMILES string of the molecule is CNc1cccc(F)c1CCO. The van der Waals surface area contributed by atoms with Crippen molar-refractivity contribution in [1.82, 2.24) is 0 Å². The maximum Gasteiger partial charge on any atom is 0.128 e. The molecule has 0 aliphatic heterocycles. The molecule has 0 saturated carbocycles. The van der Waals surface area contributed by atoms with Crippen LogP contribution in [0.2, 0.25) is 0 Å². The lowest BCUT2D eigenvalue weighted by atomic mass is 10.1. The van der Waals surface area contributed by atoms with Crippen molar-refractivity contribution >= 4 is 5.69 Å². The fourth-order valence-electron chi connectivity index (χ4n) is 1.16. The van der Waals surface area contributed by atoms with Crippen molar-refractivity contribution in [3.05, 3.63) is 29.6 Å². The van der Waals surface area contributed by atoms with Gasteiger partial charge in [0.1, 0.15) is 5.82 Å². The van der Waals surface area contributed by atoms with Gasteiger partial charge in [-0.05, 0) is 12.1 Å². The highest BCUT2D eigenvalue weighted by Gasteiger charge is 2.05. The number of anilines is 1. The number of aliphatic hydroxyl groups is 1. The molecule has 3 heteroatoms. The molecule has 1 rings (SSSR count). The molecule has 0 bridgehead atoms. The third kappa shape index (κ3) is 1.74. The first-order chi connectivity index (χ1) is 5.79. The van der Waals surface area contributed by atoms with Gasteiger partial charge < -0.3 is 10.4 Å². The van der Waals surface area contributed by atoms with E-state index >= 15 is 0 Å². The number of nitrogens with one attached hydrogen (secondary N) is 1. The third-order valence-corrected chi connectivity index (χ3v) is 1.75. The summed E-state index contributed by atoms with van der Waals surface area (Å²) in [5, 5.41) is 11.5. The predicted octanol–water partition coefficient (Wildman–Crippen LogP) is 1.40. The largest absolute Gasteiger partial charge is 0.396 e. The Labute approximate surface area is 71.0 Å². The fraction of sp³-hybridized carbons (Fsp3) is 0.333. The van der Waals surface area contributed by atoms with Gasteiger partial charge in [0.05, 0.1) is 0 Å². The Morgan fingerprint density at radius 3 is 2.83 bits per heavy atom. The summed E-state index contributed by atoms with van der Waals surface area (Å²) in [4.78, 5) is 0. The summed E-state index contributed by atoms with van der Waals surface area (Å²) in [6.45, 7) is -0.0321. The predicted molar refractivity (Wildman–Crippen MR) is 46.7 cm³/mol. The third-order valence-electron chi connectivity index (χ3n) is 1.75. The molecule has 2 nitrogen and oxygen atoms in total. The van der Waals surface area contributed by atoms with Crippen LogP contribution in [0.5, 0.6) is 0 Å². The van der Waals surface area contributed by atoms with Crippen LogP contribution in [0.15, 0.2) is 18.2 Å². The van der Waals surface area contributed by atoms with Gasteiger partial charge in [-0.15, -0.1) is 0 Å². The molecule has 0 fully saturated rings. The molecule has 2 N–H and O–H groups in total. The second-order valence-corrected chi connectivity index (χ2v) is 2.49. The number of hydrogen-bond donors (Lipinski definition) is 2. The van der Waals surface area contributed by atoms with Crippen LogP contribution in [0.25, 0.3) is 0 Å². The lowest BCUT2D eigenvalue weighted by Crippen LogP contribution is -2.01. The Morgan fingerprint density at radius 1 is 1.50 bits per heavy atom. The van der Waals surface area contributed by atoms with E-state index in [0.717, 1.165) is 5.69 Å². The topological polar surface area (TPSA) is 32.3 Å². The smallest absolute Gasteiger partial charge is 0.128 e. The van der Waals surface area contributed by atoms with E-state index in [9.17, 15) is 4.39 Å². The summed E-state index contributed by atoms with van der Waals surface area (Å²) >= 11 is 0. The first-order valence-corrected chi connectivity index (χ1v) is 3.85. The van der Waals surface area contributed by atoms with Crippen molar-refractivity contribution in [1.29, 1.82) is 0 Å². The lowest BCUT2D eigenvalue weighted by Gasteiger charge is -2.07. The maximum absolute atomic E-state index is 13.1. The highest BCUT2D eigenvalue weighted by molar-refractivity contribution is 5.51. The first kappa shape index (κ1) is 9.00. The van der Waals surface area contributed by atoms with E-state index in [0.29, 0.717) is 12.0 Å². The molecule has 12 heavy (non-hydrogen) atoms. The number of hydrogen-bond acceptors (Lipinski definition) is 2.